The SMILES string of the molecule is O=C(/C=C/c1cc(Br)ccc1F)Nc1cc([N+](=O)[O-])ccc1F. The predicted octanol–water partition coefficient (Wildman–Crippen LogP) is 4.29. The van der Waals surface area contributed by atoms with Crippen LogP contribution in [0.5, 0.6) is 0 Å². The molecule has 0 radical (unpaired) electrons. The molecule has 1 amide bonds. The summed E-state index contributed by atoms with van der Waals surface area (Å²) in [6.45, 7) is 0. The number of nitrogens with zero attached hydrogens (tertiary/aromatic N) is 1. The molecule has 0 unspecified atom stereocenters. The van der Waals surface area contributed by atoms with Gasteiger partial charge in [-0.3, -0.25) is 14.9 Å². The van der Waals surface area contributed by atoms with Crippen molar-refractivity contribution in [1.82, 2.24) is 0 Å². The second-order valence-corrected chi connectivity index (χ2v) is 5.33. The summed E-state index contributed by atoms with van der Waals surface area (Å²) in [5, 5.41) is 12.8. The molecule has 0 saturated carbocycles. The van der Waals surface area contributed by atoms with Crippen LogP contribution in [0.4, 0.5) is 20.2 Å². The van der Waals surface area contributed by atoms with Crippen LogP contribution < -0.4 is 5.32 Å². The Morgan fingerprint density at radius 1 is 1.17 bits per heavy atom. The van der Waals surface area contributed by atoms with Crippen molar-refractivity contribution in [3.05, 3.63) is 74.3 Å². The molecule has 1 N–H and O–H groups in total. The zero-order valence-corrected chi connectivity index (χ0v) is 13.0. The number of anilines is 1. The average Bonchev–Trinajstić information content (AvgIpc) is 2.50. The molecule has 0 heterocycles. The van der Waals surface area contributed by atoms with Gasteiger partial charge in [0.05, 0.1) is 10.6 Å². The highest BCUT2D eigenvalue weighted by molar-refractivity contribution is 9.10. The number of halogens is 3. The maximum absolute atomic E-state index is 13.5. The number of nitrogens with one attached hydrogen (secondary N) is 1. The van der Waals surface area contributed by atoms with E-state index >= 15 is 0 Å². The van der Waals surface area contributed by atoms with Crippen LogP contribution in [0.1, 0.15) is 5.56 Å². The summed E-state index contributed by atoms with van der Waals surface area (Å²) in [6, 6.07) is 6.96. The maximum Gasteiger partial charge on any atom is 0.271 e. The van der Waals surface area contributed by atoms with Gasteiger partial charge >= 0.3 is 0 Å². The van der Waals surface area contributed by atoms with Crippen LogP contribution in [0.15, 0.2) is 46.9 Å². The minimum atomic E-state index is -0.814. The number of carbonyl (C=O) groups excluding carboxylic acids is 1. The van der Waals surface area contributed by atoms with Gasteiger partial charge < -0.3 is 5.32 Å². The molecule has 0 bridgehead atoms. The normalized spacial score (nSPS) is 10.7. The summed E-state index contributed by atoms with van der Waals surface area (Å²) in [5.41, 5.74) is -0.527. The maximum atomic E-state index is 13.5. The van der Waals surface area contributed by atoms with Crippen molar-refractivity contribution < 1.29 is 18.5 Å². The minimum absolute atomic E-state index is 0.161. The molecule has 0 aliphatic rings. The van der Waals surface area contributed by atoms with E-state index in [9.17, 15) is 23.7 Å². The lowest BCUT2D eigenvalue weighted by atomic mass is 10.2. The second kappa shape index (κ2) is 7.10. The molecule has 118 valence electrons. The molecule has 0 aliphatic heterocycles. The molecule has 0 aliphatic carbocycles. The van der Waals surface area contributed by atoms with E-state index in [1.165, 1.54) is 24.3 Å². The van der Waals surface area contributed by atoms with Gasteiger partial charge in [-0.2, -0.15) is 0 Å². The Morgan fingerprint density at radius 2 is 1.87 bits per heavy atom. The van der Waals surface area contributed by atoms with Gasteiger partial charge in [0, 0.05) is 28.2 Å². The van der Waals surface area contributed by atoms with Crippen molar-refractivity contribution in [1.29, 1.82) is 0 Å². The Morgan fingerprint density at radius 3 is 2.57 bits per heavy atom. The number of hydrogen-bond donors (Lipinski definition) is 1. The highest BCUT2D eigenvalue weighted by Crippen LogP contribution is 2.21. The monoisotopic (exact) mass is 382 g/mol. The van der Waals surface area contributed by atoms with Crippen molar-refractivity contribution in [2.75, 3.05) is 5.32 Å². The van der Waals surface area contributed by atoms with E-state index < -0.39 is 22.5 Å². The topological polar surface area (TPSA) is 72.2 Å². The van der Waals surface area contributed by atoms with Gasteiger partial charge in [-0.25, -0.2) is 8.78 Å². The number of amides is 1. The first-order valence-electron chi connectivity index (χ1n) is 6.25. The molecule has 0 spiro atoms. The van der Waals surface area contributed by atoms with E-state index in [2.05, 4.69) is 21.2 Å². The largest absolute Gasteiger partial charge is 0.320 e. The summed E-state index contributed by atoms with van der Waals surface area (Å²) in [4.78, 5) is 21.7. The molecule has 2 aromatic rings. The van der Waals surface area contributed by atoms with E-state index in [-0.39, 0.29) is 16.9 Å². The van der Waals surface area contributed by atoms with Crippen molar-refractivity contribution >= 4 is 39.3 Å². The number of carbonyl (C=O) groups is 1. The van der Waals surface area contributed by atoms with E-state index in [1.807, 2.05) is 0 Å². The highest BCUT2D eigenvalue weighted by atomic mass is 79.9. The van der Waals surface area contributed by atoms with Crippen molar-refractivity contribution in [2.45, 2.75) is 0 Å². The van der Waals surface area contributed by atoms with Crippen molar-refractivity contribution in [3.8, 4) is 0 Å². The van der Waals surface area contributed by atoms with Crippen LogP contribution in [-0.2, 0) is 4.79 Å². The Kier molecular flexibility index (Phi) is 5.17. The quantitative estimate of drug-likeness (QED) is 0.487. The highest BCUT2D eigenvalue weighted by Gasteiger charge is 2.12. The van der Waals surface area contributed by atoms with Gasteiger partial charge in [-0.1, -0.05) is 15.9 Å². The summed E-state index contributed by atoms with van der Waals surface area (Å²) in [5.74, 6) is -2.09. The third kappa shape index (κ3) is 4.43. The third-order valence-electron chi connectivity index (χ3n) is 2.79. The predicted molar refractivity (Wildman–Crippen MR) is 84.8 cm³/mol. The Hall–Kier alpha value is -2.61. The van der Waals surface area contributed by atoms with Gasteiger partial charge in [-0.05, 0) is 30.3 Å². The van der Waals surface area contributed by atoms with Crippen molar-refractivity contribution in [3.63, 3.8) is 0 Å². The first-order valence-corrected chi connectivity index (χ1v) is 7.04. The molecule has 0 aromatic heterocycles. The Balaban J connectivity index is 2.16. The van der Waals surface area contributed by atoms with Crippen LogP contribution in [0.3, 0.4) is 0 Å². The van der Waals surface area contributed by atoms with Gasteiger partial charge in [0.2, 0.25) is 5.91 Å². The number of nitro groups is 1. The van der Waals surface area contributed by atoms with Crippen LogP contribution >= 0.6 is 15.9 Å². The third-order valence-corrected chi connectivity index (χ3v) is 3.28. The van der Waals surface area contributed by atoms with Gasteiger partial charge in [0.15, 0.2) is 0 Å². The van der Waals surface area contributed by atoms with Crippen LogP contribution in [0, 0.1) is 21.7 Å². The van der Waals surface area contributed by atoms with Crippen LogP contribution in [-0.4, -0.2) is 10.8 Å². The Labute approximate surface area is 137 Å². The molecule has 0 fully saturated rings. The summed E-state index contributed by atoms with van der Waals surface area (Å²) in [6.07, 6.45) is 2.22. The standard InChI is InChI=1S/C15H9BrF2N2O3/c16-10-2-4-12(17)9(7-10)1-6-15(21)19-14-8-11(20(22)23)3-5-13(14)18/h1-8H,(H,19,21)/b6-1+. The zero-order chi connectivity index (χ0) is 17.0. The average molecular weight is 383 g/mol. The molecule has 0 atom stereocenters. The molecular weight excluding hydrogens is 374 g/mol. The Bertz CT molecular complexity index is 809. The van der Waals surface area contributed by atoms with E-state index in [4.69, 9.17) is 0 Å². The number of non-ortho nitro benzene ring substituents is 1. The van der Waals surface area contributed by atoms with Gasteiger partial charge in [-0.15, -0.1) is 0 Å². The first kappa shape index (κ1) is 16.8. The molecule has 2 aromatic carbocycles. The number of benzene rings is 2. The lowest BCUT2D eigenvalue weighted by Gasteiger charge is -2.04. The van der Waals surface area contributed by atoms with Crippen molar-refractivity contribution in [2.24, 2.45) is 0 Å². The summed E-state index contributed by atoms with van der Waals surface area (Å²) in [7, 11) is 0. The second-order valence-electron chi connectivity index (χ2n) is 4.41. The fraction of sp³-hybridized carbons (Fsp3) is 0. The molecule has 0 saturated heterocycles. The van der Waals surface area contributed by atoms with E-state index in [1.54, 1.807) is 0 Å². The van der Waals surface area contributed by atoms with Gasteiger partial charge in [0.25, 0.3) is 5.69 Å². The minimum Gasteiger partial charge on any atom is -0.320 e. The fourth-order valence-corrected chi connectivity index (χ4v) is 2.08. The fourth-order valence-electron chi connectivity index (χ4n) is 1.70. The lowest BCUT2D eigenvalue weighted by Crippen LogP contribution is -2.09. The van der Waals surface area contributed by atoms with Crippen LogP contribution in [0.25, 0.3) is 6.08 Å². The molecule has 8 heteroatoms. The van der Waals surface area contributed by atoms with E-state index in [0.29, 0.717) is 4.47 Å². The lowest BCUT2D eigenvalue weighted by molar-refractivity contribution is -0.384. The van der Waals surface area contributed by atoms with Gasteiger partial charge in [0.1, 0.15) is 11.6 Å². The van der Waals surface area contributed by atoms with Crippen LogP contribution in [0.2, 0.25) is 0 Å². The number of rotatable bonds is 4. The summed E-state index contributed by atoms with van der Waals surface area (Å²) < 4.78 is 27.7. The van der Waals surface area contributed by atoms with E-state index in [0.717, 1.165) is 24.3 Å². The molecule has 2 rings (SSSR count). The smallest absolute Gasteiger partial charge is 0.271 e. The molecular formula is C15H9BrF2N2O3. The molecule has 23 heavy (non-hydrogen) atoms. The summed E-state index contributed by atoms with van der Waals surface area (Å²) >= 11 is 3.17. The number of nitro benzene ring substituents is 1. The first-order chi connectivity index (χ1) is 10.9. The molecule has 5 nitrogen and oxygen atoms in total. The number of hydrogen-bond acceptors (Lipinski definition) is 3. The zero-order valence-electron chi connectivity index (χ0n) is 11.4.